The van der Waals surface area contributed by atoms with Gasteiger partial charge in [0.1, 0.15) is 6.04 Å². The highest BCUT2D eigenvalue weighted by atomic mass is 16.5. The number of carbonyl (C=O) groups excluding carboxylic acids is 1. The van der Waals surface area contributed by atoms with E-state index in [2.05, 4.69) is 31.0 Å². The molecule has 0 bridgehead atoms. The standard InChI is InChI=1S/C16H32N2O2/c1-5-11-17-15(16(19)20-7-3)10-12-18-13(4)8-9-14(18)6-2/h13-15,17H,5-12H2,1-4H3. The van der Waals surface area contributed by atoms with Gasteiger partial charge in [0.2, 0.25) is 0 Å². The molecule has 3 unspecified atom stereocenters. The molecule has 0 aromatic carbocycles. The number of ether oxygens (including phenoxy) is 1. The van der Waals surface area contributed by atoms with E-state index in [-0.39, 0.29) is 12.0 Å². The molecule has 1 N–H and O–H groups in total. The Morgan fingerprint density at radius 3 is 2.70 bits per heavy atom. The van der Waals surface area contributed by atoms with E-state index in [1.54, 1.807) is 0 Å². The molecule has 0 saturated carbocycles. The Hall–Kier alpha value is -0.610. The first-order valence-electron chi connectivity index (χ1n) is 8.29. The van der Waals surface area contributed by atoms with Gasteiger partial charge in [-0.05, 0) is 52.5 Å². The molecule has 4 heteroatoms. The summed E-state index contributed by atoms with van der Waals surface area (Å²) in [5.74, 6) is -0.0964. The highest BCUT2D eigenvalue weighted by Crippen LogP contribution is 2.26. The molecule has 1 fully saturated rings. The lowest BCUT2D eigenvalue weighted by Gasteiger charge is -2.29. The van der Waals surface area contributed by atoms with Crippen molar-refractivity contribution in [2.45, 2.75) is 77.9 Å². The quantitative estimate of drug-likeness (QED) is 0.661. The molecule has 1 aliphatic heterocycles. The lowest BCUT2D eigenvalue weighted by Crippen LogP contribution is -2.43. The first-order valence-corrected chi connectivity index (χ1v) is 8.29. The number of esters is 1. The van der Waals surface area contributed by atoms with Crippen LogP contribution in [0, 0.1) is 0 Å². The largest absolute Gasteiger partial charge is 0.465 e. The summed E-state index contributed by atoms with van der Waals surface area (Å²) in [5, 5.41) is 3.32. The number of likely N-dealkylation sites (tertiary alicyclic amines) is 1. The molecule has 0 aromatic rings. The summed E-state index contributed by atoms with van der Waals surface area (Å²) in [6.07, 6.45) is 5.67. The number of nitrogens with one attached hydrogen (secondary N) is 1. The van der Waals surface area contributed by atoms with Crippen LogP contribution in [0.2, 0.25) is 0 Å². The molecule has 1 rings (SSSR count). The molecule has 0 aromatic heterocycles. The van der Waals surface area contributed by atoms with Gasteiger partial charge in [0.15, 0.2) is 0 Å². The third-order valence-corrected chi connectivity index (χ3v) is 4.31. The first kappa shape index (κ1) is 17.4. The van der Waals surface area contributed by atoms with Crippen molar-refractivity contribution in [2.75, 3.05) is 19.7 Å². The van der Waals surface area contributed by atoms with Crippen molar-refractivity contribution in [2.24, 2.45) is 0 Å². The van der Waals surface area contributed by atoms with E-state index in [9.17, 15) is 4.79 Å². The summed E-state index contributed by atoms with van der Waals surface area (Å²) in [7, 11) is 0. The molecule has 0 amide bonds. The summed E-state index contributed by atoms with van der Waals surface area (Å²) < 4.78 is 5.18. The van der Waals surface area contributed by atoms with Crippen LogP contribution in [-0.2, 0) is 9.53 Å². The zero-order valence-corrected chi connectivity index (χ0v) is 13.7. The van der Waals surface area contributed by atoms with E-state index in [1.807, 2.05) is 6.92 Å². The number of nitrogens with zero attached hydrogens (tertiary/aromatic N) is 1. The molecule has 0 aliphatic carbocycles. The SMILES string of the molecule is CCCNC(CCN1C(C)CCC1CC)C(=O)OCC. The summed E-state index contributed by atoms with van der Waals surface area (Å²) in [5.41, 5.74) is 0. The van der Waals surface area contributed by atoms with Crippen LogP contribution in [0.1, 0.15) is 59.8 Å². The van der Waals surface area contributed by atoms with Gasteiger partial charge >= 0.3 is 5.97 Å². The molecule has 0 spiro atoms. The minimum absolute atomic E-state index is 0.0964. The molecule has 118 valence electrons. The second-order valence-electron chi connectivity index (χ2n) is 5.77. The van der Waals surface area contributed by atoms with Crippen molar-refractivity contribution in [3.05, 3.63) is 0 Å². The third kappa shape index (κ3) is 5.06. The number of rotatable bonds is 9. The smallest absolute Gasteiger partial charge is 0.323 e. The predicted molar refractivity (Wildman–Crippen MR) is 82.8 cm³/mol. The molecule has 3 atom stereocenters. The fraction of sp³-hybridized carbons (Fsp3) is 0.938. The van der Waals surface area contributed by atoms with Crippen LogP contribution in [0.25, 0.3) is 0 Å². The topological polar surface area (TPSA) is 41.6 Å². The maximum atomic E-state index is 12.0. The Morgan fingerprint density at radius 2 is 2.10 bits per heavy atom. The molecule has 4 nitrogen and oxygen atoms in total. The Kier molecular flexibility index (Phi) is 8.15. The van der Waals surface area contributed by atoms with E-state index in [4.69, 9.17) is 4.74 Å². The van der Waals surface area contributed by atoms with Gasteiger partial charge in [0.05, 0.1) is 6.61 Å². The summed E-state index contributed by atoms with van der Waals surface area (Å²) in [4.78, 5) is 14.6. The van der Waals surface area contributed by atoms with Gasteiger partial charge in [-0.1, -0.05) is 13.8 Å². The molecule has 1 saturated heterocycles. The molecule has 1 aliphatic rings. The van der Waals surface area contributed by atoms with Gasteiger partial charge in [0.25, 0.3) is 0 Å². The molecular formula is C16H32N2O2. The van der Waals surface area contributed by atoms with Gasteiger partial charge < -0.3 is 10.1 Å². The van der Waals surface area contributed by atoms with Crippen LogP contribution in [-0.4, -0.2) is 48.7 Å². The monoisotopic (exact) mass is 284 g/mol. The van der Waals surface area contributed by atoms with Crippen molar-refractivity contribution in [3.63, 3.8) is 0 Å². The van der Waals surface area contributed by atoms with Crippen LogP contribution in [0.15, 0.2) is 0 Å². The second-order valence-corrected chi connectivity index (χ2v) is 5.77. The van der Waals surface area contributed by atoms with Crippen molar-refractivity contribution < 1.29 is 9.53 Å². The van der Waals surface area contributed by atoms with E-state index in [0.717, 1.165) is 25.9 Å². The number of hydrogen-bond donors (Lipinski definition) is 1. The molecule has 0 radical (unpaired) electrons. The minimum Gasteiger partial charge on any atom is -0.465 e. The zero-order chi connectivity index (χ0) is 15.0. The van der Waals surface area contributed by atoms with Crippen LogP contribution < -0.4 is 5.32 Å². The van der Waals surface area contributed by atoms with Crippen LogP contribution in [0.3, 0.4) is 0 Å². The predicted octanol–water partition coefficient (Wildman–Crippen LogP) is 2.57. The molecular weight excluding hydrogens is 252 g/mol. The summed E-state index contributed by atoms with van der Waals surface area (Å²) in [6.45, 7) is 10.9. The highest BCUT2D eigenvalue weighted by Gasteiger charge is 2.30. The summed E-state index contributed by atoms with van der Waals surface area (Å²) in [6, 6.07) is 1.19. The zero-order valence-electron chi connectivity index (χ0n) is 13.7. The second kappa shape index (κ2) is 9.35. The van der Waals surface area contributed by atoms with E-state index in [0.29, 0.717) is 18.7 Å². The lowest BCUT2D eigenvalue weighted by molar-refractivity contribution is -0.146. The Morgan fingerprint density at radius 1 is 1.35 bits per heavy atom. The Labute approximate surface area is 124 Å². The van der Waals surface area contributed by atoms with E-state index in [1.165, 1.54) is 19.3 Å². The number of carbonyl (C=O) groups is 1. The van der Waals surface area contributed by atoms with Crippen molar-refractivity contribution in [3.8, 4) is 0 Å². The van der Waals surface area contributed by atoms with Gasteiger partial charge in [-0.2, -0.15) is 0 Å². The lowest BCUT2D eigenvalue weighted by atomic mass is 10.1. The van der Waals surface area contributed by atoms with Crippen molar-refractivity contribution in [1.29, 1.82) is 0 Å². The Bertz CT molecular complexity index is 284. The highest BCUT2D eigenvalue weighted by molar-refractivity contribution is 5.75. The fourth-order valence-electron chi connectivity index (χ4n) is 3.11. The molecule has 1 heterocycles. The average molecular weight is 284 g/mol. The van der Waals surface area contributed by atoms with Crippen molar-refractivity contribution >= 4 is 5.97 Å². The van der Waals surface area contributed by atoms with E-state index >= 15 is 0 Å². The third-order valence-electron chi connectivity index (χ3n) is 4.31. The maximum Gasteiger partial charge on any atom is 0.323 e. The van der Waals surface area contributed by atoms with Crippen LogP contribution in [0.5, 0.6) is 0 Å². The molecule has 20 heavy (non-hydrogen) atoms. The van der Waals surface area contributed by atoms with Crippen LogP contribution >= 0.6 is 0 Å². The fourth-order valence-corrected chi connectivity index (χ4v) is 3.11. The number of hydrogen-bond acceptors (Lipinski definition) is 4. The first-order chi connectivity index (χ1) is 9.63. The van der Waals surface area contributed by atoms with Gasteiger partial charge in [0, 0.05) is 18.6 Å². The van der Waals surface area contributed by atoms with Gasteiger partial charge in [-0.3, -0.25) is 9.69 Å². The summed E-state index contributed by atoms with van der Waals surface area (Å²) >= 11 is 0. The normalized spacial score (nSPS) is 24.8. The maximum absolute atomic E-state index is 12.0. The van der Waals surface area contributed by atoms with Gasteiger partial charge in [-0.15, -0.1) is 0 Å². The average Bonchev–Trinajstić information content (AvgIpc) is 2.79. The van der Waals surface area contributed by atoms with Crippen molar-refractivity contribution in [1.82, 2.24) is 10.2 Å². The van der Waals surface area contributed by atoms with Gasteiger partial charge in [-0.25, -0.2) is 0 Å². The minimum atomic E-state index is -0.153. The Balaban J connectivity index is 2.49. The van der Waals surface area contributed by atoms with E-state index < -0.39 is 0 Å². The van der Waals surface area contributed by atoms with Crippen LogP contribution in [0.4, 0.5) is 0 Å².